The summed E-state index contributed by atoms with van der Waals surface area (Å²) in [5.41, 5.74) is -0.00486. The van der Waals surface area contributed by atoms with Crippen molar-refractivity contribution in [3.63, 3.8) is 0 Å². The summed E-state index contributed by atoms with van der Waals surface area (Å²) in [6, 6.07) is 0. The molecule has 1 N–H and O–H groups in total. The Morgan fingerprint density at radius 1 is 1.45 bits per heavy atom. The SMILES string of the molecule is CNc1coc(C(C)(C)C)n1. The zero-order valence-electron chi connectivity index (χ0n) is 7.43. The standard InChI is InChI=1S/C8H14N2O/c1-8(2,3)7-10-6(9-4)5-11-7/h5,9H,1-4H3. The molecule has 0 bridgehead atoms. The minimum atomic E-state index is -0.00486. The fourth-order valence-electron chi connectivity index (χ4n) is 0.733. The van der Waals surface area contributed by atoms with E-state index in [9.17, 15) is 0 Å². The third kappa shape index (κ3) is 1.73. The smallest absolute Gasteiger partial charge is 0.201 e. The third-order valence-electron chi connectivity index (χ3n) is 1.40. The molecule has 0 amide bonds. The van der Waals surface area contributed by atoms with Crippen LogP contribution in [0.1, 0.15) is 26.7 Å². The lowest BCUT2D eigenvalue weighted by atomic mass is 9.97. The van der Waals surface area contributed by atoms with Crippen molar-refractivity contribution in [1.82, 2.24) is 4.98 Å². The number of hydrogen-bond donors (Lipinski definition) is 1. The Balaban J connectivity index is 2.89. The fraction of sp³-hybridized carbons (Fsp3) is 0.625. The van der Waals surface area contributed by atoms with Crippen molar-refractivity contribution < 1.29 is 4.42 Å². The fourth-order valence-corrected chi connectivity index (χ4v) is 0.733. The second-order valence-electron chi connectivity index (χ2n) is 3.54. The van der Waals surface area contributed by atoms with Crippen LogP contribution in [0.25, 0.3) is 0 Å². The third-order valence-corrected chi connectivity index (χ3v) is 1.40. The Hall–Kier alpha value is -0.990. The molecule has 0 spiro atoms. The Bertz CT molecular complexity index is 234. The van der Waals surface area contributed by atoms with Crippen LogP contribution in [0.5, 0.6) is 0 Å². The van der Waals surface area contributed by atoms with Gasteiger partial charge in [-0.15, -0.1) is 0 Å². The van der Waals surface area contributed by atoms with Crippen LogP contribution in [0, 0.1) is 0 Å². The number of oxazole rings is 1. The zero-order chi connectivity index (χ0) is 8.48. The van der Waals surface area contributed by atoms with Gasteiger partial charge in [0.1, 0.15) is 6.26 Å². The summed E-state index contributed by atoms with van der Waals surface area (Å²) in [5, 5.41) is 2.91. The van der Waals surface area contributed by atoms with E-state index in [0.29, 0.717) is 0 Å². The lowest BCUT2D eigenvalue weighted by Gasteiger charge is -2.11. The summed E-state index contributed by atoms with van der Waals surface area (Å²) in [6.45, 7) is 6.20. The highest BCUT2D eigenvalue weighted by Gasteiger charge is 2.19. The van der Waals surface area contributed by atoms with E-state index in [1.54, 1.807) is 6.26 Å². The largest absolute Gasteiger partial charge is 0.446 e. The lowest BCUT2D eigenvalue weighted by Crippen LogP contribution is -2.11. The maximum Gasteiger partial charge on any atom is 0.201 e. The van der Waals surface area contributed by atoms with Gasteiger partial charge in [-0.25, -0.2) is 0 Å². The molecule has 62 valence electrons. The van der Waals surface area contributed by atoms with Gasteiger partial charge in [0.05, 0.1) is 0 Å². The van der Waals surface area contributed by atoms with Crippen LogP contribution in [0.2, 0.25) is 0 Å². The van der Waals surface area contributed by atoms with Crippen molar-refractivity contribution in [1.29, 1.82) is 0 Å². The first-order chi connectivity index (χ1) is 5.04. The molecule has 11 heavy (non-hydrogen) atoms. The molecule has 0 saturated heterocycles. The monoisotopic (exact) mass is 154 g/mol. The van der Waals surface area contributed by atoms with Gasteiger partial charge in [-0.2, -0.15) is 4.98 Å². The Labute approximate surface area is 66.8 Å². The highest BCUT2D eigenvalue weighted by atomic mass is 16.3. The van der Waals surface area contributed by atoms with Gasteiger partial charge in [0.25, 0.3) is 0 Å². The van der Waals surface area contributed by atoms with Gasteiger partial charge in [0.2, 0.25) is 5.89 Å². The molecule has 0 aromatic carbocycles. The maximum atomic E-state index is 5.25. The van der Waals surface area contributed by atoms with E-state index in [2.05, 4.69) is 31.1 Å². The van der Waals surface area contributed by atoms with E-state index in [1.807, 2.05) is 7.05 Å². The van der Waals surface area contributed by atoms with Crippen molar-refractivity contribution in [3.8, 4) is 0 Å². The second-order valence-corrected chi connectivity index (χ2v) is 3.54. The van der Waals surface area contributed by atoms with E-state index in [-0.39, 0.29) is 5.41 Å². The quantitative estimate of drug-likeness (QED) is 0.672. The van der Waals surface area contributed by atoms with Crippen molar-refractivity contribution in [2.75, 3.05) is 12.4 Å². The summed E-state index contributed by atoms with van der Waals surface area (Å²) in [7, 11) is 1.82. The Kier molecular flexibility index (Phi) is 1.89. The van der Waals surface area contributed by atoms with Crippen LogP contribution in [-0.2, 0) is 5.41 Å². The van der Waals surface area contributed by atoms with Crippen LogP contribution < -0.4 is 5.32 Å². The van der Waals surface area contributed by atoms with Crippen molar-refractivity contribution in [2.24, 2.45) is 0 Å². The molecule has 0 aliphatic rings. The minimum absolute atomic E-state index is 0.00486. The molecular weight excluding hydrogens is 140 g/mol. The summed E-state index contributed by atoms with van der Waals surface area (Å²) in [5.74, 6) is 1.55. The maximum absolute atomic E-state index is 5.25. The highest BCUT2D eigenvalue weighted by molar-refractivity contribution is 5.29. The summed E-state index contributed by atoms with van der Waals surface area (Å²) in [4.78, 5) is 4.22. The van der Waals surface area contributed by atoms with E-state index >= 15 is 0 Å². The average molecular weight is 154 g/mol. The molecule has 1 aromatic heterocycles. The van der Waals surface area contributed by atoms with Gasteiger partial charge in [-0.05, 0) is 0 Å². The minimum Gasteiger partial charge on any atom is -0.446 e. The molecular formula is C8H14N2O. The average Bonchev–Trinajstić information content (AvgIpc) is 2.32. The molecule has 3 nitrogen and oxygen atoms in total. The molecule has 3 heteroatoms. The molecule has 0 unspecified atom stereocenters. The Morgan fingerprint density at radius 2 is 2.09 bits per heavy atom. The molecule has 1 aromatic rings. The lowest BCUT2D eigenvalue weighted by molar-refractivity contribution is 0.392. The molecule has 0 radical (unpaired) electrons. The summed E-state index contributed by atoms with van der Waals surface area (Å²) in [6.07, 6.45) is 1.63. The molecule has 0 aliphatic carbocycles. The number of anilines is 1. The molecule has 0 aliphatic heterocycles. The van der Waals surface area contributed by atoms with Crippen molar-refractivity contribution in [3.05, 3.63) is 12.2 Å². The zero-order valence-corrected chi connectivity index (χ0v) is 7.43. The number of hydrogen-bond acceptors (Lipinski definition) is 3. The van der Waals surface area contributed by atoms with Gasteiger partial charge in [0.15, 0.2) is 5.82 Å². The van der Waals surface area contributed by atoms with E-state index in [1.165, 1.54) is 0 Å². The van der Waals surface area contributed by atoms with Gasteiger partial charge in [0, 0.05) is 12.5 Å². The van der Waals surface area contributed by atoms with Gasteiger partial charge >= 0.3 is 0 Å². The van der Waals surface area contributed by atoms with Gasteiger partial charge in [-0.3, -0.25) is 0 Å². The first kappa shape index (κ1) is 8.11. The van der Waals surface area contributed by atoms with Crippen molar-refractivity contribution in [2.45, 2.75) is 26.2 Å². The molecule has 1 heterocycles. The molecule has 0 atom stereocenters. The predicted molar refractivity (Wildman–Crippen MR) is 44.7 cm³/mol. The van der Waals surface area contributed by atoms with E-state index < -0.39 is 0 Å². The molecule has 0 saturated carbocycles. The molecule has 1 rings (SSSR count). The topological polar surface area (TPSA) is 38.1 Å². The van der Waals surface area contributed by atoms with Crippen LogP contribution >= 0.6 is 0 Å². The predicted octanol–water partition coefficient (Wildman–Crippen LogP) is 2.01. The van der Waals surface area contributed by atoms with Gasteiger partial charge in [-0.1, -0.05) is 20.8 Å². The normalized spacial score (nSPS) is 11.6. The number of nitrogens with one attached hydrogen (secondary N) is 1. The number of rotatable bonds is 1. The van der Waals surface area contributed by atoms with Crippen LogP contribution in [-0.4, -0.2) is 12.0 Å². The van der Waals surface area contributed by atoms with Gasteiger partial charge < -0.3 is 9.73 Å². The molecule has 0 fully saturated rings. The number of nitrogens with zero attached hydrogens (tertiary/aromatic N) is 1. The van der Waals surface area contributed by atoms with Crippen LogP contribution in [0.4, 0.5) is 5.82 Å². The second kappa shape index (κ2) is 2.57. The van der Waals surface area contributed by atoms with E-state index in [0.717, 1.165) is 11.7 Å². The van der Waals surface area contributed by atoms with E-state index in [4.69, 9.17) is 4.42 Å². The summed E-state index contributed by atoms with van der Waals surface area (Å²) < 4.78 is 5.25. The van der Waals surface area contributed by atoms with Crippen LogP contribution in [0.15, 0.2) is 10.7 Å². The highest BCUT2D eigenvalue weighted by Crippen LogP contribution is 2.22. The first-order valence-corrected chi connectivity index (χ1v) is 3.68. The Morgan fingerprint density at radius 3 is 2.36 bits per heavy atom. The summed E-state index contributed by atoms with van der Waals surface area (Å²) >= 11 is 0. The van der Waals surface area contributed by atoms with Crippen molar-refractivity contribution >= 4 is 5.82 Å². The van der Waals surface area contributed by atoms with Crippen LogP contribution in [0.3, 0.4) is 0 Å². The first-order valence-electron chi connectivity index (χ1n) is 3.68. The number of aromatic nitrogens is 1.